The molecule has 0 aliphatic carbocycles. The van der Waals surface area contributed by atoms with Crippen LogP contribution in [0.4, 0.5) is 13.2 Å². The number of rotatable bonds is 4. The van der Waals surface area contributed by atoms with Crippen LogP contribution in [0.2, 0.25) is 5.02 Å². The molecule has 3 rings (SSSR count). The third-order valence-corrected chi connectivity index (χ3v) is 4.83. The van der Waals surface area contributed by atoms with Crippen LogP contribution in [0, 0.1) is 0 Å². The van der Waals surface area contributed by atoms with Gasteiger partial charge in [-0.2, -0.15) is 13.2 Å². The summed E-state index contributed by atoms with van der Waals surface area (Å²) in [6.45, 7) is 0. The molecule has 9 heteroatoms. The fourth-order valence-electron chi connectivity index (χ4n) is 2.22. The van der Waals surface area contributed by atoms with E-state index in [-0.39, 0.29) is 11.4 Å². The molecule has 0 fully saturated rings. The summed E-state index contributed by atoms with van der Waals surface area (Å²) < 4.78 is 41.1. The lowest BCUT2D eigenvalue weighted by atomic mass is 10.1. The second-order valence-electron chi connectivity index (χ2n) is 5.20. The lowest BCUT2D eigenvalue weighted by molar-refractivity contribution is -0.137. The Morgan fingerprint density at radius 3 is 2.52 bits per heavy atom. The highest BCUT2D eigenvalue weighted by atomic mass is 35.5. The van der Waals surface area contributed by atoms with E-state index >= 15 is 0 Å². The average molecular weight is 385 g/mol. The Balaban J connectivity index is 1.86. The molecule has 0 atom stereocenters. The minimum atomic E-state index is -4.49. The van der Waals surface area contributed by atoms with Crippen molar-refractivity contribution in [3.05, 3.63) is 58.9 Å². The molecule has 2 heterocycles. The molecule has 0 bridgehead atoms. The summed E-state index contributed by atoms with van der Waals surface area (Å²) in [5, 5.41) is 9.08. The molecule has 0 saturated heterocycles. The van der Waals surface area contributed by atoms with Crippen LogP contribution in [0.1, 0.15) is 11.1 Å². The fraction of sp³-hybridized carbons (Fsp3) is 0.188. The van der Waals surface area contributed by atoms with Crippen molar-refractivity contribution in [2.75, 3.05) is 0 Å². The van der Waals surface area contributed by atoms with Crippen molar-refractivity contribution in [2.45, 2.75) is 17.1 Å². The number of aromatic nitrogens is 4. The maximum absolute atomic E-state index is 13.2. The normalized spacial score (nSPS) is 11.7. The minimum Gasteiger partial charge on any atom is -0.305 e. The van der Waals surface area contributed by atoms with Crippen molar-refractivity contribution < 1.29 is 13.2 Å². The highest BCUT2D eigenvalue weighted by Gasteiger charge is 2.35. The van der Waals surface area contributed by atoms with Crippen LogP contribution in [0.15, 0.2) is 47.9 Å². The SMILES string of the molecule is Cn1c(SCc2ccc(Cl)cc2)nnc1-c1cnccc1C(F)(F)F. The van der Waals surface area contributed by atoms with E-state index in [2.05, 4.69) is 15.2 Å². The van der Waals surface area contributed by atoms with E-state index in [1.165, 1.54) is 16.3 Å². The Morgan fingerprint density at radius 2 is 1.84 bits per heavy atom. The number of nitrogens with zero attached hydrogens (tertiary/aromatic N) is 4. The molecule has 0 spiro atoms. The van der Waals surface area contributed by atoms with E-state index in [0.29, 0.717) is 15.9 Å². The lowest BCUT2D eigenvalue weighted by Crippen LogP contribution is -2.09. The van der Waals surface area contributed by atoms with E-state index in [9.17, 15) is 13.2 Å². The molecule has 3 aromatic rings. The number of hydrogen-bond donors (Lipinski definition) is 0. The van der Waals surface area contributed by atoms with Gasteiger partial charge in [0.1, 0.15) is 0 Å². The molecule has 0 unspecified atom stereocenters. The van der Waals surface area contributed by atoms with Crippen molar-refractivity contribution in [3.8, 4) is 11.4 Å². The smallest absolute Gasteiger partial charge is 0.305 e. The Kier molecular flexibility index (Phi) is 5.01. The van der Waals surface area contributed by atoms with Gasteiger partial charge in [0.25, 0.3) is 0 Å². The molecule has 0 aliphatic rings. The Hall–Kier alpha value is -2.06. The van der Waals surface area contributed by atoms with Crippen LogP contribution in [0.5, 0.6) is 0 Å². The molecule has 25 heavy (non-hydrogen) atoms. The van der Waals surface area contributed by atoms with Crippen molar-refractivity contribution in [1.82, 2.24) is 19.7 Å². The first-order valence-electron chi connectivity index (χ1n) is 7.14. The van der Waals surface area contributed by atoms with Gasteiger partial charge in [-0.05, 0) is 23.8 Å². The first-order valence-corrected chi connectivity index (χ1v) is 8.51. The zero-order valence-electron chi connectivity index (χ0n) is 13.0. The highest BCUT2D eigenvalue weighted by molar-refractivity contribution is 7.98. The number of benzene rings is 1. The van der Waals surface area contributed by atoms with Gasteiger partial charge in [0.05, 0.1) is 5.56 Å². The van der Waals surface area contributed by atoms with Gasteiger partial charge in [-0.3, -0.25) is 4.98 Å². The maximum Gasteiger partial charge on any atom is 0.417 e. The fourth-order valence-corrected chi connectivity index (χ4v) is 3.22. The van der Waals surface area contributed by atoms with E-state index < -0.39 is 11.7 Å². The number of halogens is 4. The Bertz CT molecular complexity index is 878. The standard InChI is InChI=1S/C16H12ClF3N4S/c1-24-14(12-8-21-7-6-13(12)16(18,19)20)22-23-15(24)25-9-10-2-4-11(17)5-3-10/h2-8H,9H2,1H3. The van der Waals surface area contributed by atoms with Gasteiger partial charge in [-0.15, -0.1) is 10.2 Å². The maximum atomic E-state index is 13.2. The van der Waals surface area contributed by atoms with Gasteiger partial charge in [-0.1, -0.05) is 35.5 Å². The number of thioether (sulfide) groups is 1. The van der Waals surface area contributed by atoms with E-state index in [4.69, 9.17) is 11.6 Å². The monoisotopic (exact) mass is 384 g/mol. The molecule has 1 aromatic carbocycles. The number of hydrogen-bond acceptors (Lipinski definition) is 4. The molecule has 0 radical (unpaired) electrons. The summed E-state index contributed by atoms with van der Waals surface area (Å²) in [5.41, 5.74) is 0.145. The van der Waals surface area contributed by atoms with Crippen LogP contribution < -0.4 is 0 Å². The van der Waals surface area contributed by atoms with Gasteiger partial charge < -0.3 is 4.57 Å². The topological polar surface area (TPSA) is 43.6 Å². The van der Waals surface area contributed by atoms with Gasteiger partial charge in [0, 0.05) is 35.8 Å². The molecule has 0 N–H and O–H groups in total. The van der Waals surface area contributed by atoms with E-state index in [0.717, 1.165) is 24.0 Å². The summed E-state index contributed by atoms with van der Waals surface area (Å²) in [7, 11) is 1.63. The highest BCUT2D eigenvalue weighted by Crippen LogP contribution is 2.36. The summed E-state index contributed by atoms with van der Waals surface area (Å²) in [4.78, 5) is 3.79. The zero-order chi connectivity index (χ0) is 18.0. The zero-order valence-corrected chi connectivity index (χ0v) is 14.5. The molecule has 4 nitrogen and oxygen atoms in total. The predicted molar refractivity (Wildman–Crippen MR) is 90.2 cm³/mol. The van der Waals surface area contributed by atoms with Crippen LogP contribution in [0.25, 0.3) is 11.4 Å². The summed E-state index contributed by atoms with van der Waals surface area (Å²) in [5.74, 6) is 0.724. The summed E-state index contributed by atoms with van der Waals surface area (Å²) >= 11 is 7.23. The second kappa shape index (κ2) is 7.05. The van der Waals surface area contributed by atoms with Crippen LogP contribution >= 0.6 is 23.4 Å². The Morgan fingerprint density at radius 1 is 1.12 bits per heavy atom. The summed E-state index contributed by atoms with van der Waals surface area (Å²) in [6, 6.07) is 8.27. The summed E-state index contributed by atoms with van der Waals surface area (Å²) in [6.07, 6.45) is -2.22. The molecule has 130 valence electrons. The van der Waals surface area contributed by atoms with Gasteiger partial charge in [0.2, 0.25) is 0 Å². The first kappa shape index (κ1) is 17.8. The largest absolute Gasteiger partial charge is 0.417 e. The van der Waals surface area contributed by atoms with Crippen molar-refractivity contribution >= 4 is 23.4 Å². The van der Waals surface area contributed by atoms with Crippen LogP contribution in [-0.2, 0) is 19.0 Å². The van der Waals surface area contributed by atoms with E-state index in [1.807, 2.05) is 12.1 Å². The minimum absolute atomic E-state index is 0.0941. The molecule has 0 aliphatic heterocycles. The lowest BCUT2D eigenvalue weighted by Gasteiger charge is -2.11. The number of pyridine rings is 1. The molecule has 0 saturated carbocycles. The van der Waals surface area contributed by atoms with Crippen molar-refractivity contribution in [3.63, 3.8) is 0 Å². The molecular weight excluding hydrogens is 373 g/mol. The second-order valence-corrected chi connectivity index (χ2v) is 6.58. The van der Waals surface area contributed by atoms with E-state index in [1.54, 1.807) is 19.2 Å². The average Bonchev–Trinajstić information content (AvgIpc) is 2.94. The van der Waals surface area contributed by atoms with Crippen LogP contribution in [0.3, 0.4) is 0 Å². The molecule has 0 amide bonds. The van der Waals surface area contributed by atoms with Gasteiger partial charge >= 0.3 is 6.18 Å². The molecular formula is C16H12ClF3N4S. The third kappa shape index (κ3) is 3.96. The molecule has 2 aromatic heterocycles. The van der Waals surface area contributed by atoms with Gasteiger partial charge in [-0.25, -0.2) is 0 Å². The third-order valence-electron chi connectivity index (χ3n) is 3.48. The van der Waals surface area contributed by atoms with Gasteiger partial charge in [0.15, 0.2) is 11.0 Å². The van der Waals surface area contributed by atoms with Crippen molar-refractivity contribution in [1.29, 1.82) is 0 Å². The quantitative estimate of drug-likeness (QED) is 0.603. The first-order chi connectivity index (χ1) is 11.9. The van der Waals surface area contributed by atoms with Crippen LogP contribution in [-0.4, -0.2) is 19.7 Å². The number of alkyl halides is 3. The Labute approximate surface area is 151 Å². The van der Waals surface area contributed by atoms with Crippen molar-refractivity contribution in [2.24, 2.45) is 7.05 Å². The predicted octanol–water partition coefficient (Wildman–Crippen LogP) is 4.84.